The van der Waals surface area contributed by atoms with Crippen molar-refractivity contribution in [2.45, 2.75) is 19.9 Å². The molecule has 20 heavy (non-hydrogen) atoms. The zero-order valence-electron chi connectivity index (χ0n) is 11.4. The van der Waals surface area contributed by atoms with E-state index in [4.69, 9.17) is 4.74 Å². The number of thiophene rings is 1. The second kappa shape index (κ2) is 7.44. The minimum Gasteiger partial charge on any atom is -0.490 e. The molecule has 2 rings (SSSR count). The maximum absolute atomic E-state index is 5.42. The highest BCUT2D eigenvalue weighted by molar-refractivity contribution is 9.10. The highest BCUT2D eigenvalue weighted by Gasteiger charge is 2.12. The monoisotopic (exact) mass is 356 g/mol. The molecule has 0 fully saturated rings. The average Bonchev–Trinajstić information content (AvgIpc) is 2.88. The van der Waals surface area contributed by atoms with Crippen molar-refractivity contribution < 1.29 is 4.74 Å². The van der Waals surface area contributed by atoms with Gasteiger partial charge in [-0.05, 0) is 33.8 Å². The van der Waals surface area contributed by atoms with E-state index in [1.54, 1.807) is 18.4 Å². The van der Waals surface area contributed by atoms with E-state index in [0.717, 1.165) is 23.3 Å². The minimum absolute atomic E-state index is 0.647. The third kappa shape index (κ3) is 3.61. The van der Waals surface area contributed by atoms with Crippen molar-refractivity contribution in [3.8, 4) is 5.75 Å². The maximum atomic E-state index is 5.42. The zero-order chi connectivity index (χ0) is 14.4. The molecule has 2 aromatic heterocycles. The first kappa shape index (κ1) is 15.1. The van der Waals surface area contributed by atoms with E-state index in [1.807, 2.05) is 11.4 Å². The van der Waals surface area contributed by atoms with Gasteiger partial charge in [-0.15, -0.1) is 11.3 Å². The number of halogens is 1. The summed E-state index contributed by atoms with van der Waals surface area (Å²) in [6, 6.07) is 2.03. The SMILES string of the molecule is CCCNc1ncnc(NCc2sccc2Br)c1OC. The molecule has 108 valence electrons. The largest absolute Gasteiger partial charge is 0.490 e. The second-order valence-electron chi connectivity index (χ2n) is 4.08. The molecule has 2 N–H and O–H groups in total. The van der Waals surface area contributed by atoms with Crippen molar-refractivity contribution in [1.29, 1.82) is 0 Å². The zero-order valence-corrected chi connectivity index (χ0v) is 13.8. The summed E-state index contributed by atoms with van der Waals surface area (Å²) in [7, 11) is 1.63. The minimum atomic E-state index is 0.647. The van der Waals surface area contributed by atoms with Crippen LogP contribution >= 0.6 is 27.3 Å². The third-order valence-electron chi connectivity index (χ3n) is 2.66. The summed E-state index contributed by atoms with van der Waals surface area (Å²) in [6.45, 7) is 3.65. The lowest BCUT2D eigenvalue weighted by atomic mass is 10.4. The fraction of sp³-hybridized carbons (Fsp3) is 0.385. The smallest absolute Gasteiger partial charge is 0.204 e. The van der Waals surface area contributed by atoms with Gasteiger partial charge in [0.25, 0.3) is 0 Å². The summed E-state index contributed by atoms with van der Waals surface area (Å²) in [5.41, 5.74) is 0. The van der Waals surface area contributed by atoms with Gasteiger partial charge in [0.05, 0.1) is 13.7 Å². The Balaban J connectivity index is 2.12. The van der Waals surface area contributed by atoms with Crippen LogP contribution in [0.15, 0.2) is 22.2 Å². The van der Waals surface area contributed by atoms with Gasteiger partial charge in [0, 0.05) is 15.9 Å². The van der Waals surface area contributed by atoms with E-state index in [1.165, 1.54) is 11.2 Å². The van der Waals surface area contributed by atoms with Gasteiger partial charge in [-0.25, -0.2) is 9.97 Å². The molecule has 0 atom stereocenters. The van der Waals surface area contributed by atoms with Crippen molar-refractivity contribution >= 4 is 38.9 Å². The number of rotatable bonds is 7. The Labute approximate surface area is 130 Å². The molecule has 0 saturated carbocycles. The molecular formula is C13H17BrN4OS. The van der Waals surface area contributed by atoms with E-state index in [0.29, 0.717) is 18.1 Å². The van der Waals surface area contributed by atoms with Crippen LogP contribution < -0.4 is 15.4 Å². The standard InChI is InChI=1S/C13H17BrN4OS/c1-3-5-15-12-11(19-2)13(18-8-17-12)16-7-10-9(14)4-6-20-10/h4,6,8H,3,5,7H2,1-2H3,(H2,15,16,17,18). The number of anilines is 2. The van der Waals surface area contributed by atoms with Crippen LogP contribution in [0.4, 0.5) is 11.6 Å². The number of hydrogen-bond acceptors (Lipinski definition) is 6. The molecule has 5 nitrogen and oxygen atoms in total. The second-order valence-corrected chi connectivity index (χ2v) is 5.93. The summed E-state index contributed by atoms with van der Waals surface area (Å²) in [4.78, 5) is 9.68. The van der Waals surface area contributed by atoms with Gasteiger partial charge in [-0.3, -0.25) is 0 Å². The number of hydrogen-bond donors (Lipinski definition) is 2. The molecule has 0 aliphatic rings. The Kier molecular flexibility index (Phi) is 5.60. The number of nitrogens with one attached hydrogen (secondary N) is 2. The Hall–Kier alpha value is -1.34. The lowest BCUT2D eigenvalue weighted by molar-refractivity contribution is 0.414. The Bertz CT molecular complexity index is 561. The highest BCUT2D eigenvalue weighted by atomic mass is 79.9. The first-order valence-electron chi connectivity index (χ1n) is 6.34. The summed E-state index contributed by atoms with van der Waals surface area (Å²) in [5, 5.41) is 8.57. The lowest BCUT2D eigenvalue weighted by Gasteiger charge is -2.13. The van der Waals surface area contributed by atoms with Crippen LogP contribution in [0.25, 0.3) is 0 Å². The molecule has 7 heteroatoms. The van der Waals surface area contributed by atoms with Gasteiger partial charge in [0.1, 0.15) is 6.33 Å². The van der Waals surface area contributed by atoms with E-state index in [9.17, 15) is 0 Å². The molecule has 0 aliphatic carbocycles. The molecule has 0 radical (unpaired) electrons. The topological polar surface area (TPSA) is 59.1 Å². The van der Waals surface area contributed by atoms with Gasteiger partial charge in [-0.1, -0.05) is 6.92 Å². The number of methoxy groups -OCH3 is 1. The Morgan fingerprint density at radius 3 is 2.65 bits per heavy atom. The summed E-state index contributed by atoms with van der Waals surface area (Å²) >= 11 is 5.21. The highest BCUT2D eigenvalue weighted by Crippen LogP contribution is 2.30. The van der Waals surface area contributed by atoms with Crippen LogP contribution in [0.3, 0.4) is 0 Å². The van der Waals surface area contributed by atoms with Gasteiger partial charge >= 0.3 is 0 Å². The first-order valence-corrected chi connectivity index (χ1v) is 8.02. The molecule has 0 spiro atoms. The molecule has 0 aromatic carbocycles. The number of aromatic nitrogens is 2. The summed E-state index contributed by atoms with van der Waals surface area (Å²) in [5.74, 6) is 2.06. The van der Waals surface area contributed by atoms with E-state index >= 15 is 0 Å². The fourth-order valence-corrected chi connectivity index (χ4v) is 3.11. The van der Waals surface area contributed by atoms with Crippen molar-refractivity contribution in [3.63, 3.8) is 0 Å². The van der Waals surface area contributed by atoms with E-state index in [-0.39, 0.29) is 0 Å². The van der Waals surface area contributed by atoms with Gasteiger partial charge in [-0.2, -0.15) is 0 Å². The maximum Gasteiger partial charge on any atom is 0.204 e. The van der Waals surface area contributed by atoms with E-state index in [2.05, 4.69) is 43.5 Å². The average molecular weight is 357 g/mol. The summed E-state index contributed by atoms with van der Waals surface area (Å²) < 4.78 is 6.52. The number of nitrogens with zero attached hydrogens (tertiary/aromatic N) is 2. The molecule has 0 aliphatic heterocycles. The quantitative estimate of drug-likeness (QED) is 0.791. The first-order chi connectivity index (χ1) is 9.76. The molecular weight excluding hydrogens is 340 g/mol. The molecule has 0 amide bonds. The van der Waals surface area contributed by atoms with Crippen molar-refractivity contribution in [2.24, 2.45) is 0 Å². The van der Waals surface area contributed by atoms with Gasteiger partial charge in [0.2, 0.25) is 5.75 Å². The summed E-state index contributed by atoms with van der Waals surface area (Å²) in [6.07, 6.45) is 2.56. The normalized spacial score (nSPS) is 10.3. The van der Waals surface area contributed by atoms with Crippen LogP contribution in [0.5, 0.6) is 5.75 Å². The lowest BCUT2D eigenvalue weighted by Crippen LogP contribution is -2.08. The van der Waals surface area contributed by atoms with Crippen LogP contribution in [0, 0.1) is 0 Å². The molecule has 2 heterocycles. The molecule has 0 saturated heterocycles. The predicted molar refractivity (Wildman–Crippen MR) is 86.7 cm³/mol. The van der Waals surface area contributed by atoms with Crippen molar-refractivity contribution in [3.05, 3.63) is 27.1 Å². The van der Waals surface area contributed by atoms with Crippen LogP contribution in [-0.4, -0.2) is 23.6 Å². The molecule has 0 bridgehead atoms. The van der Waals surface area contributed by atoms with Crippen LogP contribution in [0.1, 0.15) is 18.2 Å². The molecule has 2 aromatic rings. The Morgan fingerprint density at radius 1 is 1.30 bits per heavy atom. The van der Waals surface area contributed by atoms with Crippen LogP contribution in [0.2, 0.25) is 0 Å². The van der Waals surface area contributed by atoms with Crippen LogP contribution in [-0.2, 0) is 6.54 Å². The van der Waals surface area contributed by atoms with Gasteiger partial charge < -0.3 is 15.4 Å². The Morgan fingerprint density at radius 2 is 2.05 bits per heavy atom. The number of ether oxygens (including phenoxy) is 1. The third-order valence-corrected chi connectivity index (χ3v) is 4.58. The van der Waals surface area contributed by atoms with Gasteiger partial charge in [0.15, 0.2) is 11.6 Å². The fourth-order valence-electron chi connectivity index (χ4n) is 1.68. The van der Waals surface area contributed by atoms with Crippen molar-refractivity contribution in [2.75, 3.05) is 24.3 Å². The van der Waals surface area contributed by atoms with E-state index < -0.39 is 0 Å². The van der Waals surface area contributed by atoms with Crippen molar-refractivity contribution in [1.82, 2.24) is 9.97 Å². The predicted octanol–water partition coefficient (Wildman–Crippen LogP) is 3.74. The molecule has 0 unspecified atom stereocenters.